The molecule has 1 fully saturated rings. The number of benzene rings is 3. The largest absolute Gasteiger partial charge is 0.490 e. The quantitative estimate of drug-likeness (QED) is 0.0583. The van der Waals surface area contributed by atoms with E-state index in [2.05, 4.69) is 15.3 Å². The van der Waals surface area contributed by atoms with Crippen LogP contribution >= 0.6 is 0 Å². The van der Waals surface area contributed by atoms with E-state index in [1.165, 1.54) is 0 Å². The minimum absolute atomic E-state index is 0.0498. The Hall–Kier alpha value is -6.18. The van der Waals surface area contributed by atoms with Gasteiger partial charge >= 0.3 is 24.3 Å². The maximum atomic E-state index is 16.2. The van der Waals surface area contributed by atoms with E-state index >= 15 is 4.39 Å². The number of alkyl halides is 6. The second-order valence-electron chi connectivity index (χ2n) is 11.2. The summed E-state index contributed by atoms with van der Waals surface area (Å²) in [6.45, 7) is 2.99. The maximum Gasteiger partial charge on any atom is 0.490 e. The zero-order valence-electron chi connectivity index (χ0n) is 28.0. The highest BCUT2D eigenvalue weighted by Gasteiger charge is 2.39. The summed E-state index contributed by atoms with van der Waals surface area (Å²) in [5, 5.41) is 25.3. The average Bonchev–Trinajstić information content (AvgIpc) is 3.81. The topological polar surface area (TPSA) is 227 Å². The van der Waals surface area contributed by atoms with E-state index < -0.39 is 42.1 Å². The highest BCUT2D eigenvalue weighted by Crippen LogP contribution is 2.35. The number of amides is 1. The van der Waals surface area contributed by atoms with Crippen molar-refractivity contribution in [2.24, 2.45) is 11.5 Å². The number of halogens is 7. The first-order valence-corrected chi connectivity index (χ1v) is 15.5. The number of hydrogen-bond donors (Lipinski definition) is 7. The van der Waals surface area contributed by atoms with Crippen LogP contribution in [0, 0.1) is 11.2 Å². The number of nitrogens with two attached hydrogens (primary N) is 2. The van der Waals surface area contributed by atoms with Crippen molar-refractivity contribution in [2.75, 3.05) is 18.5 Å². The molecule has 1 saturated heterocycles. The predicted molar refractivity (Wildman–Crippen MR) is 178 cm³/mol. The number of imidazole rings is 1. The fourth-order valence-electron chi connectivity index (χ4n) is 4.72. The number of hydrogen-bond acceptors (Lipinski definition) is 8. The number of rotatable bonds is 10. The van der Waals surface area contributed by atoms with Gasteiger partial charge in [-0.3, -0.25) is 10.2 Å². The van der Waals surface area contributed by atoms with E-state index in [1.54, 1.807) is 66.9 Å². The molecule has 5 rings (SSSR count). The van der Waals surface area contributed by atoms with Gasteiger partial charge in [0, 0.05) is 34.4 Å². The van der Waals surface area contributed by atoms with Gasteiger partial charge in [0.15, 0.2) is 11.6 Å². The van der Waals surface area contributed by atoms with Crippen molar-refractivity contribution >= 4 is 29.4 Å². The van der Waals surface area contributed by atoms with Crippen LogP contribution in [0.5, 0.6) is 5.75 Å². The Morgan fingerprint density at radius 1 is 1.02 bits per heavy atom. The molecule has 1 unspecified atom stereocenters. The number of H-pyrrole nitrogens is 1. The van der Waals surface area contributed by atoms with Crippen molar-refractivity contribution in [3.63, 3.8) is 0 Å². The molecular formula is C34H33F7N6O7. The average molecular weight is 771 g/mol. The SMILES string of the molecule is CCc1cc(O[C@@H]2CCOC2)c(F)c(C(Nc2ccc(C(=N)N)cc2)c2ncc(-c3ccccc3C(N)=O)[nH]2)c1.O=C(O)C(F)(F)F.O=C(O)C(F)(F)F. The monoisotopic (exact) mass is 770 g/mol. The zero-order chi connectivity index (χ0) is 40.4. The van der Waals surface area contributed by atoms with Crippen molar-refractivity contribution in [3.8, 4) is 17.0 Å². The lowest BCUT2D eigenvalue weighted by atomic mass is 9.99. The van der Waals surface area contributed by atoms with Crippen LogP contribution in [0.25, 0.3) is 11.3 Å². The minimum Gasteiger partial charge on any atom is -0.485 e. The number of primary amides is 1. The van der Waals surface area contributed by atoms with E-state index in [1.807, 2.05) is 6.92 Å². The molecule has 3 aromatic carbocycles. The van der Waals surface area contributed by atoms with E-state index in [0.717, 1.165) is 5.56 Å². The number of nitrogens with one attached hydrogen (secondary N) is 3. The molecule has 13 nitrogen and oxygen atoms in total. The number of carboxylic acid groups (broad SMARTS) is 2. The molecule has 0 saturated carbocycles. The molecule has 1 aliphatic heterocycles. The van der Waals surface area contributed by atoms with E-state index in [-0.39, 0.29) is 17.7 Å². The van der Waals surface area contributed by atoms with Crippen LogP contribution in [-0.2, 0) is 20.7 Å². The molecule has 0 spiro atoms. The second kappa shape index (κ2) is 18.0. The first-order chi connectivity index (χ1) is 25.2. The number of aliphatic carboxylic acids is 2. The number of aromatic amines is 1. The summed E-state index contributed by atoms with van der Waals surface area (Å²) < 4.78 is 91.1. The van der Waals surface area contributed by atoms with Crippen LogP contribution < -0.4 is 21.5 Å². The van der Waals surface area contributed by atoms with Gasteiger partial charge in [0.05, 0.1) is 25.1 Å². The van der Waals surface area contributed by atoms with Crippen molar-refractivity contribution < 1.29 is 64.8 Å². The van der Waals surface area contributed by atoms with Crippen LogP contribution in [0.4, 0.5) is 36.4 Å². The lowest BCUT2D eigenvalue weighted by Crippen LogP contribution is -2.21. The van der Waals surface area contributed by atoms with E-state index in [0.29, 0.717) is 65.5 Å². The number of carbonyl (C=O) groups is 3. The molecule has 290 valence electrons. The third kappa shape index (κ3) is 11.7. The summed E-state index contributed by atoms with van der Waals surface area (Å²) in [6.07, 6.45) is -7.43. The molecule has 9 N–H and O–H groups in total. The van der Waals surface area contributed by atoms with Gasteiger partial charge in [-0.2, -0.15) is 26.3 Å². The molecule has 2 atom stereocenters. The molecule has 54 heavy (non-hydrogen) atoms. The van der Waals surface area contributed by atoms with Gasteiger partial charge in [-0.15, -0.1) is 0 Å². The van der Waals surface area contributed by atoms with Crippen LogP contribution in [0.1, 0.15) is 52.3 Å². The van der Waals surface area contributed by atoms with Crippen molar-refractivity contribution in [1.29, 1.82) is 5.41 Å². The number of aromatic nitrogens is 2. The number of nitrogens with zero attached hydrogens (tertiary/aromatic N) is 1. The number of ether oxygens (including phenoxy) is 2. The first-order valence-electron chi connectivity index (χ1n) is 15.5. The summed E-state index contributed by atoms with van der Waals surface area (Å²) in [7, 11) is 0. The predicted octanol–water partition coefficient (Wildman–Crippen LogP) is 5.80. The molecule has 4 aromatic rings. The number of carbonyl (C=O) groups excluding carboxylic acids is 1. The molecule has 1 aliphatic rings. The Morgan fingerprint density at radius 2 is 1.61 bits per heavy atom. The molecule has 2 heterocycles. The summed E-state index contributed by atoms with van der Waals surface area (Å²) >= 11 is 0. The molecule has 0 aliphatic carbocycles. The van der Waals surface area contributed by atoms with Gasteiger partial charge < -0.3 is 41.5 Å². The third-order valence-electron chi connectivity index (χ3n) is 7.37. The summed E-state index contributed by atoms with van der Waals surface area (Å²) in [6, 6.07) is 16.7. The van der Waals surface area contributed by atoms with Crippen LogP contribution in [0.15, 0.2) is 66.9 Å². The number of aryl methyl sites for hydroxylation is 1. The second-order valence-corrected chi connectivity index (χ2v) is 11.2. The maximum absolute atomic E-state index is 16.2. The van der Waals surface area contributed by atoms with E-state index in [9.17, 15) is 31.1 Å². The standard InChI is InChI=1S/C30H31FN6O3.2C2HF3O2/c1-2-17-13-23(26(31)25(14-17)40-20-11-12-39-16-20)27(36-19-9-7-18(8-10-19)28(32)33)30-35-15-24(37-30)21-5-3-4-6-22(21)29(34)38;2*3-2(4,5)1(6)7/h3-10,13-15,20,27,36H,2,11-12,16H2,1H3,(H3,32,33)(H2,34,38)(H,35,37);2*(H,6,7)/t20-,27?;;/m1../s1. The molecule has 0 bridgehead atoms. The minimum atomic E-state index is -5.08. The number of anilines is 1. The smallest absolute Gasteiger partial charge is 0.485 e. The van der Waals surface area contributed by atoms with Gasteiger partial charge in [-0.1, -0.05) is 31.2 Å². The number of amidine groups is 1. The highest BCUT2D eigenvalue weighted by atomic mass is 19.4. The highest BCUT2D eigenvalue weighted by molar-refractivity contribution is 5.99. The van der Waals surface area contributed by atoms with Crippen molar-refractivity contribution in [2.45, 2.75) is 44.3 Å². The van der Waals surface area contributed by atoms with Crippen molar-refractivity contribution in [1.82, 2.24) is 9.97 Å². The molecule has 20 heteroatoms. The Balaban J connectivity index is 0.000000476. The van der Waals surface area contributed by atoms with Crippen molar-refractivity contribution in [3.05, 3.63) is 101 Å². The summed E-state index contributed by atoms with van der Waals surface area (Å²) in [4.78, 5) is 37.7. The lowest BCUT2D eigenvalue weighted by Gasteiger charge is -2.22. The van der Waals surface area contributed by atoms with Gasteiger partial charge in [0.25, 0.3) is 0 Å². The Bertz CT molecular complexity index is 1920. The summed E-state index contributed by atoms with van der Waals surface area (Å²) in [5.74, 6) is -6.04. The zero-order valence-corrected chi connectivity index (χ0v) is 28.0. The van der Waals surface area contributed by atoms with Gasteiger partial charge in [-0.25, -0.2) is 19.0 Å². The molecule has 1 amide bonds. The number of carboxylic acids is 2. The van der Waals surface area contributed by atoms with Crippen LogP contribution in [0.3, 0.4) is 0 Å². The van der Waals surface area contributed by atoms with Crippen LogP contribution in [0.2, 0.25) is 0 Å². The summed E-state index contributed by atoms with van der Waals surface area (Å²) in [5.41, 5.74) is 15.2. The molecular weight excluding hydrogens is 737 g/mol. The Kier molecular flexibility index (Phi) is 14.1. The van der Waals surface area contributed by atoms with Crippen LogP contribution in [-0.4, -0.2) is 75.5 Å². The fraction of sp³-hybridized carbons (Fsp3) is 0.265. The third-order valence-corrected chi connectivity index (χ3v) is 7.37. The fourth-order valence-corrected chi connectivity index (χ4v) is 4.72. The normalized spacial score (nSPS) is 14.4. The molecule has 1 aromatic heterocycles. The first kappa shape index (κ1) is 42.2. The lowest BCUT2D eigenvalue weighted by molar-refractivity contribution is -0.193. The number of nitrogen functional groups attached to an aromatic ring is 1. The van der Waals surface area contributed by atoms with Gasteiger partial charge in [0.2, 0.25) is 5.91 Å². The van der Waals surface area contributed by atoms with E-state index in [4.69, 9.17) is 46.2 Å². The van der Waals surface area contributed by atoms with Gasteiger partial charge in [-0.05, 0) is 48.4 Å². The Morgan fingerprint density at radius 3 is 2.11 bits per heavy atom. The Labute approximate surface area is 301 Å². The van der Waals surface area contributed by atoms with Gasteiger partial charge in [0.1, 0.15) is 23.8 Å². The molecule has 0 radical (unpaired) electrons.